The molecular formula is C9H14N2O. The van der Waals surface area contributed by atoms with Gasteiger partial charge in [0.2, 0.25) is 5.91 Å². The monoisotopic (exact) mass is 166 g/mol. The first kappa shape index (κ1) is 7.80. The van der Waals surface area contributed by atoms with Crippen LogP contribution < -0.4 is 11.1 Å². The fraction of sp³-hybridized carbons (Fsp3) is 0.667. The maximum Gasteiger partial charge on any atom is 0.243 e. The van der Waals surface area contributed by atoms with Crippen LogP contribution in [0.3, 0.4) is 0 Å². The van der Waals surface area contributed by atoms with Gasteiger partial charge in [-0.25, -0.2) is 0 Å². The Morgan fingerprint density at radius 3 is 2.67 bits per heavy atom. The zero-order valence-electron chi connectivity index (χ0n) is 6.99. The van der Waals surface area contributed by atoms with E-state index < -0.39 is 0 Å². The Morgan fingerprint density at radius 2 is 2.17 bits per heavy atom. The van der Waals surface area contributed by atoms with Gasteiger partial charge in [0.15, 0.2) is 0 Å². The molecule has 2 atom stereocenters. The van der Waals surface area contributed by atoms with Crippen LogP contribution in [0, 0.1) is 5.92 Å². The molecule has 2 saturated carbocycles. The van der Waals surface area contributed by atoms with Gasteiger partial charge in [0, 0.05) is 12.1 Å². The summed E-state index contributed by atoms with van der Waals surface area (Å²) < 4.78 is 0. The number of carbonyl (C=O) groups is 1. The van der Waals surface area contributed by atoms with E-state index in [4.69, 9.17) is 5.73 Å². The molecule has 0 aromatic heterocycles. The van der Waals surface area contributed by atoms with Crippen LogP contribution in [0.2, 0.25) is 0 Å². The Balaban J connectivity index is 1.69. The molecular weight excluding hydrogens is 152 g/mol. The first-order valence-electron chi connectivity index (χ1n) is 4.50. The molecule has 0 saturated heterocycles. The van der Waals surface area contributed by atoms with E-state index in [0.29, 0.717) is 5.92 Å². The summed E-state index contributed by atoms with van der Waals surface area (Å²) in [5.74, 6) is 0.684. The van der Waals surface area contributed by atoms with Gasteiger partial charge in [-0.1, -0.05) is 6.08 Å². The molecule has 0 spiro atoms. The van der Waals surface area contributed by atoms with Crippen molar-refractivity contribution >= 4 is 5.91 Å². The predicted octanol–water partition coefficient (Wildman–Crippen LogP) is 0.168. The van der Waals surface area contributed by atoms with E-state index in [1.165, 1.54) is 12.8 Å². The van der Waals surface area contributed by atoms with E-state index in [2.05, 4.69) is 5.32 Å². The molecule has 3 heteroatoms. The molecule has 0 aliphatic heterocycles. The van der Waals surface area contributed by atoms with Crippen LogP contribution in [0.1, 0.15) is 19.3 Å². The zero-order chi connectivity index (χ0) is 8.55. The number of carbonyl (C=O) groups excluding carboxylic acids is 1. The van der Waals surface area contributed by atoms with Crippen LogP contribution in [0.4, 0.5) is 0 Å². The molecule has 2 rings (SSSR count). The smallest absolute Gasteiger partial charge is 0.243 e. The first-order chi connectivity index (χ1) is 5.75. The largest absolute Gasteiger partial charge is 0.348 e. The summed E-state index contributed by atoms with van der Waals surface area (Å²) in [4.78, 5) is 11.1. The third kappa shape index (κ3) is 2.08. The van der Waals surface area contributed by atoms with E-state index in [0.717, 1.165) is 6.42 Å². The van der Waals surface area contributed by atoms with Gasteiger partial charge in [-0.05, 0) is 31.3 Å². The molecule has 1 amide bonds. The lowest BCUT2D eigenvalue weighted by Gasteiger charge is -1.96. The first-order valence-corrected chi connectivity index (χ1v) is 4.50. The van der Waals surface area contributed by atoms with Crippen molar-refractivity contribution in [3.05, 3.63) is 12.2 Å². The van der Waals surface area contributed by atoms with E-state index in [9.17, 15) is 4.79 Å². The minimum absolute atomic E-state index is 0.0138. The highest BCUT2D eigenvalue weighted by atomic mass is 16.1. The normalized spacial score (nSPS) is 33.8. The van der Waals surface area contributed by atoms with E-state index in [1.807, 2.05) is 6.08 Å². The molecule has 66 valence electrons. The van der Waals surface area contributed by atoms with Gasteiger partial charge in [-0.15, -0.1) is 0 Å². The molecule has 2 unspecified atom stereocenters. The quantitative estimate of drug-likeness (QED) is 0.587. The lowest BCUT2D eigenvalue weighted by atomic mass is 10.3. The number of nitrogens with two attached hydrogens (primary N) is 1. The zero-order valence-corrected chi connectivity index (χ0v) is 6.99. The summed E-state index contributed by atoms with van der Waals surface area (Å²) in [6, 6.07) is 0.435. The number of allylic oxidation sites excluding steroid dienone is 1. The molecule has 0 bridgehead atoms. The van der Waals surface area contributed by atoms with Gasteiger partial charge in [-0.2, -0.15) is 0 Å². The summed E-state index contributed by atoms with van der Waals surface area (Å²) in [5.41, 5.74) is 5.54. The van der Waals surface area contributed by atoms with Crippen LogP contribution in [0.25, 0.3) is 0 Å². The van der Waals surface area contributed by atoms with Gasteiger partial charge in [0.25, 0.3) is 0 Å². The van der Waals surface area contributed by atoms with Crippen LogP contribution in [0.5, 0.6) is 0 Å². The molecule has 2 aliphatic carbocycles. The fourth-order valence-corrected chi connectivity index (χ4v) is 1.12. The van der Waals surface area contributed by atoms with Crippen LogP contribution in [-0.2, 0) is 4.79 Å². The van der Waals surface area contributed by atoms with Crippen molar-refractivity contribution in [2.75, 3.05) is 0 Å². The molecule has 0 radical (unpaired) electrons. The summed E-state index contributed by atoms with van der Waals surface area (Å²) in [7, 11) is 0. The second-order valence-corrected chi connectivity index (χ2v) is 3.71. The Labute approximate surface area is 72.0 Å². The number of hydrogen-bond acceptors (Lipinski definition) is 2. The number of rotatable bonds is 3. The topological polar surface area (TPSA) is 55.1 Å². The van der Waals surface area contributed by atoms with Crippen molar-refractivity contribution in [1.29, 1.82) is 0 Å². The highest BCUT2D eigenvalue weighted by Gasteiger charge is 2.34. The molecule has 3 N–H and O–H groups in total. The average molecular weight is 166 g/mol. The Hall–Kier alpha value is -0.830. The maximum absolute atomic E-state index is 11.1. The third-order valence-corrected chi connectivity index (χ3v) is 2.31. The standard InChI is InChI=1S/C9H14N2O/c10-7-5-8(7)11-9(12)4-3-6-1-2-6/h3-4,6-8H,1-2,5,10H2,(H,11,12)/b4-3+. The van der Waals surface area contributed by atoms with Crippen molar-refractivity contribution in [3.8, 4) is 0 Å². The third-order valence-electron chi connectivity index (χ3n) is 2.31. The van der Waals surface area contributed by atoms with Crippen molar-refractivity contribution in [1.82, 2.24) is 5.32 Å². The lowest BCUT2D eigenvalue weighted by molar-refractivity contribution is -0.116. The van der Waals surface area contributed by atoms with Gasteiger partial charge >= 0.3 is 0 Å². The van der Waals surface area contributed by atoms with Crippen molar-refractivity contribution in [2.45, 2.75) is 31.3 Å². The molecule has 12 heavy (non-hydrogen) atoms. The Bertz CT molecular complexity index is 221. The summed E-state index contributed by atoms with van der Waals surface area (Å²) in [6.07, 6.45) is 7.05. The van der Waals surface area contributed by atoms with Gasteiger partial charge in [0.05, 0.1) is 0 Å². The molecule has 0 aromatic rings. The van der Waals surface area contributed by atoms with E-state index >= 15 is 0 Å². The van der Waals surface area contributed by atoms with Crippen LogP contribution in [-0.4, -0.2) is 18.0 Å². The predicted molar refractivity (Wildman–Crippen MR) is 46.4 cm³/mol. The molecule has 3 nitrogen and oxygen atoms in total. The second kappa shape index (κ2) is 2.90. The van der Waals surface area contributed by atoms with Crippen molar-refractivity contribution in [2.24, 2.45) is 11.7 Å². The summed E-state index contributed by atoms with van der Waals surface area (Å²) in [6.45, 7) is 0. The fourth-order valence-electron chi connectivity index (χ4n) is 1.12. The number of nitrogens with one attached hydrogen (secondary N) is 1. The molecule has 2 fully saturated rings. The van der Waals surface area contributed by atoms with Gasteiger partial charge < -0.3 is 11.1 Å². The number of hydrogen-bond donors (Lipinski definition) is 2. The van der Waals surface area contributed by atoms with Crippen LogP contribution in [0.15, 0.2) is 12.2 Å². The molecule has 0 heterocycles. The van der Waals surface area contributed by atoms with Gasteiger partial charge in [-0.3, -0.25) is 4.79 Å². The second-order valence-electron chi connectivity index (χ2n) is 3.71. The Morgan fingerprint density at radius 1 is 1.50 bits per heavy atom. The summed E-state index contributed by atoms with van der Waals surface area (Å²) in [5, 5.41) is 2.84. The maximum atomic E-state index is 11.1. The van der Waals surface area contributed by atoms with E-state index in [-0.39, 0.29) is 18.0 Å². The van der Waals surface area contributed by atoms with E-state index in [1.54, 1.807) is 6.08 Å². The minimum atomic E-state index is 0.0138. The van der Waals surface area contributed by atoms with Crippen molar-refractivity contribution < 1.29 is 4.79 Å². The SMILES string of the molecule is NC1CC1NC(=O)/C=C/C1CC1. The van der Waals surface area contributed by atoms with Gasteiger partial charge in [0.1, 0.15) is 0 Å². The average Bonchev–Trinajstić information content (AvgIpc) is 2.87. The minimum Gasteiger partial charge on any atom is -0.348 e. The lowest BCUT2D eigenvalue weighted by Crippen LogP contribution is -2.27. The summed E-state index contributed by atoms with van der Waals surface area (Å²) >= 11 is 0. The highest BCUT2D eigenvalue weighted by Crippen LogP contribution is 2.29. The Kier molecular flexibility index (Phi) is 1.89. The highest BCUT2D eigenvalue weighted by molar-refractivity contribution is 5.88. The van der Waals surface area contributed by atoms with Crippen molar-refractivity contribution in [3.63, 3.8) is 0 Å². The molecule has 2 aliphatic rings. The molecule has 0 aromatic carbocycles. The van der Waals surface area contributed by atoms with Crippen LogP contribution >= 0.6 is 0 Å². The number of amides is 1.